The molecule has 4 rings (SSSR count). The summed E-state index contributed by atoms with van der Waals surface area (Å²) >= 11 is 6.01. The summed E-state index contributed by atoms with van der Waals surface area (Å²) in [5, 5.41) is 13.6. The van der Waals surface area contributed by atoms with Gasteiger partial charge in [0.1, 0.15) is 11.9 Å². The van der Waals surface area contributed by atoms with E-state index in [1.54, 1.807) is 12.1 Å². The van der Waals surface area contributed by atoms with E-state index >= 15 is 0 Å². The fourth-order valence-corrected chi connectivity index (χ4v) is 4.88. The lowest BCUT2D eigenvalue weighted by Crippen LogP contribution is -2.49. The smallest absolute Gasteiger partial charge is 0.238 e. The Kier molecular flexibility index (Phi) is 7.13. The van der Waals surface area contributed by atoms with Crippen LogP contribution in [0.4, 0.5) is 11.5 Å². The summed E-state index contributed by atoms with van der Waals surface area (Å²) in [5.41, 5.74) is 4.23. The predicted molar refractivity (Wildman–Crippen MR) is 134 cm³/mol. The van der Waals surface area contributed by atoms with Gasteiger partial charge in [0.05, 0.1) is 30.0 Å². The predicted octanol–water partition coefficient (Wildman–Crippen LogP) is 4.34. The van der Waals surface area contributed by atoms with Gasteiger partial charge < -0.3 is 15.0 Å². The number of aromatic nitrogens is 1. The molecule has 7 nitrogen and oxygen atoms in total. The number of fused-ring (bicyclic) bond motifs is 1. The SMILES string of the molecule is CC(C)c1nc(N2CCN(CC(=O)Nc3cccc(Cl)c3)CC2)c(C#N)c2c1COC(C)(C)C2. The summed E-state index contributed by atoms with van der Waals surface area (Å²) in [6.45, 7) is 12.1. The minimum Gasteiger partial charge on any atom is -0.370 e. The van der Waals surface area contributed by atoms with E-state index in [4.69, 9.17) is 21.3 Å². The summed E-state index contributed by atoms with van der Waals surface area (Å²) in [6, 6.07) is 9.60. The molecule has 8 heteroatoms. The van der Waals surface area contributed by atoms with Crippen molar-refractivity contribution in [2.45, 2.75) is 52.2 Å². The quantitative estimate of drug-likeness (QED) is 0.684. The number of ether oxygens (including phenoxy) is 1. The molecule has 1 fully saturated rings. The van der Waals surface area contributed by atoms with E-state index in [1.807, 2.05) is 12.1 Å². The summed E-state index contributed by atoms with van der Waals surface area (Å²) in [7, 11) is 0. The molecule has 0 spiro atoms. The fraction of sp³-hybridized carbons (Fsp3) is 0.500. The van der Waals surface area contributed by atoms with Crippen LogP contribution in [0.3, 0.4) is 0 Å². The van der Waals surface area contributed by atoms with Crippen LogP contribution >= 0.6 is 11.6 Å². The van der Waals surface area contributed by atoms with Crippen LogP contribution in [0.2, 0.25) is 5.02 Å². The molecule has 34 heavy (non-hydrogen) atoms. The number of carbonyl (C=O) groups excluding carboxylic acids is 1. The number of benzene rings is 1. The van der Waals surface area contributed by atoms with Crippen LogP contribution in [0.1, 0.15) is 56.0 Å². The van der Waals surface area contributed by atoms with Crippen molar-refractivity contribution in [3.05, 3.63) is 51.7 Å². The third-order valence-corrected chi connectivity index (χ3v) is 6.68. The first-order chi connectivity index (χ1) is 16.2. The van der Waals surface area contributed by atoms with Gasteiger partial charge in [0.25, 0.3) is 0 Å². The maximum Gasteiger partial charge on any atom is 0.238 e. The number of piperazine rings is 1. The molecule has 0 bridgehead atoms. The number of halogens is 1. The zero-order valence-corrected chi connectivity index (χ0v) is 21.1. The number of nitrogens with zero attached hydrogens (tertiary/aromatic N) is 4. The van der Waals surface area contributed by atoms with Crippen molar-refractivity contribution in [2.24, 2.45) is 0 Å². The summed E-state index contributed by atoms with van der Waals surface area (Å²) < 4.78 is 6.05. The summed E-state index contributed by atoms with van der Waals surface area (Å²) in [5.74, 6) is 0.942. The number of amides is 1. The number of hydrogen-bond acceptors (Lipinski definition) is 6. The molecule has 0 saturated carbocycles. The number of pyridine rings is 1. The highest BCUT2D eigenvalue weighted by molar-refractivity contribution is 6.30. The zero-order valence-electron chi connectivity index (χ0n) is 20.3. The Hall–Kier alpha value is -2.66. The van der Waals surface area contributed by atoms with Crippen LogP contribution in [0.15, 0.2) is 24.3 Å². The van der Waals surface area contributed by atoms with Gasteiger partial charge in [-0.15, -0.1) is 0 Å². The van der Waals surface area contributed by atoms with Gasteiger partial charge >= 0.3 is 0 Å². The van der Waals surface area contributed by atoms with Gasteiger partial charge in [0.2, 0.25) is 5.91 Å². The van der Waals surface area contributed by atoms with E-state index in [-0.39, 0.29) is 17.4 Å². The first-order valence-corrected chi connectivity index (χ1v) is 12.2. The van der Waals surface area contributed by atoms with Crippen LogP contribution in [0, 0.1) is 11.3 Å². The third-order valence-electron chi connectivity index (χ3n) is 6.44. The molecule has 0 aliphatic carbocycles. The van der Waals surface area contributed by atoms with Crippen molar-refractivity contribution in [3.8, 4) is 6.07 Å². The molecular formula is C26H32ClN5O2. The van der Waals surface area contributed by atoms with E-state index in [1.165, 1.54) is 0 Å². The average molecular weight is 482 g/mol. The highest BCUT2D eigenvalue weighted by atomic mass is 35.5. The molecule has 0 radical (unpaired) electrons. The Balaban J connectivity index is 1.48. The monoisotopic (exact) mass is 481 g/mol. The molecule has 2 aromatic rings. The first-order valence-electron chi connectivity index (χ1n) is 11.8. The maximum atomic E-state index is 12.5. The standard InChI is InChI=1S/C26H32ClN5O2/c1-17(2)24-22-16-34-26(3,4)13-20(22)21(14-28)25(30-24)32-10-8-31(9-11-32)15-23(33)29-19-7-5-6-18(27)12-19/h5-7,12,17H,8-11,13,15-16H2,1-4H3,(H,29,33). The van der Waals surface area contributed by atoms with Gasteiger partial charge in [-0.25, -0.2) is 4.98 Å². The highest BCUT2D eigenvalue weighted by Crippen LogP contribution is 2.37. The lowest BCUT2D eigenvalue weighted by molar-refractivity contribution is -0.117. The van der Waals surface area contributed by atoms with E-state index in [9.17, 15) is 10.1 Å². The van der Waals surface area contributed by atoms with Crippen molar-refractivity contribution < 1.29 is 9.53 Å². The van der Waals surface area contributed by atoms with E-state index in [0.29, 0.717) is 48.9 Å². The molecular weight excluding hydrogens is 450 g/mol. The van der Waals surface area contributed by atoms with Crippen LogP contribution in [-0.2, 0) is 22.6 Å². The second kappa shape index (κ2) is 9.91. The number of rotatable bonds is 5. The number of nitrogens with one attached hydrogen (secondary N) is 1. The molecule has 1 saturated heterocycles. The van der Waals surface area contributed by atoms with Crippen molar-refractivity contribution >= 4 is 29.0 Å². The normalized spacial score (nSPS) is 17.9. The molecule has 2 aliphatic heterocycles. The molecule has 1 aromatic heterocycles. The van der Waals surface area contributed by atoms with Crippen molar-refractivity contribution in [3.63, 3.8) is 0 Å². The second-order valence-corrected chi connectivity index (χ2v) is 10.4. The molecule has 180 valence electrons. The van der Waals surface area contributed by atoms with Crippen LogP contribution in [0.5, 0.6) is 0 Å². The van der Waals surface area contributed by atoms with Gasteiger partial charge in [0.15, 0.2) is 0 Å². The minimum atomic E-state index is -0.305. The van der Waals surface area contributed by atoms with Gasteiger partial charge in [-0.3, -0.25) is 9.69 Å². The Morgan fingerprint density at radius 3 is 2.65 bits per heavy atom. The topological polar surface area (TPSA) is 81.5 Å². The average Bonchev–Trinajstić information content (AvgIpc) is 2.77. The Morgan fingerprint density at radius 2 is 2.00 bits per heavy atom. The largest absolute Gasteiger partial charge is 0.370 e. The number of nitriles is 1. The number of anilines is 2. The molecule has 0 atom stereocenters. The molecule has 1 amide bonds. The number of carbonyl (C=O) groups is 1. The Morgan fingerprint density at radius 1 is 1.26 bits per heavy atom. The van der Waals surface area contributed by atoms with Crippen LogP contribution in [-0.4, -0.2) is 54.1 Å². The third kappa shape index (κ3) is 5.35. The zero-order chi connectivity index (χ0) is 24.5. The van der Waals surface area contributed by atoms with Crippen LogP contribution < -0.4 is 10.2 Å². The van der Waals surface area contributed by atoms with Gasteiger partial charge in [-0.2, -0.15) is 5.26 Å². The van der Waals surface area contributed by atoms with E-state index in [2.05, 4.69) is 48.9 Å². The number of hydrogen-bond donors (Lipinski definition) is 1. The van der Waals surface area contributed by atoms with Crippen molar-refractivity contribution in [2.75, 3.05) is 42.9 Å². The Bertz CT molecular complexity index is 1120. The molecule has 0 unspecified atom stereocenters. The first kappa shape index (κ1) is 24.5. The van der Waals surface area contributed by atoms with Crippen LogP contribution in [0.25, 0.3) is 0 Å². The van der Waals surface area contributed by atoms with Crippen molar-refractivity contribution in [1.29, 1.82) is 5.26 Å². The molecule has 3 heterocycles. The van der Waals surface area contributed by atoms with E-state index < -0.39 is 0 Å². The van der Waals surface area contributed by atoms with E-state index in [0.717, 1.165) is 35.7 Å². The van der Waals surface area contributed by atoms with Gasteiger partial charge in [-0.1, -0.05) is 31.5 Å². The second-order valence-electron chi connectivity index (χ2n) is 9.97. The molecule has 2 aliphatic rings. The lowest BCUT2D eigenvalue weighted by atomic mass is 9.86. The minimum absolute atomic E-state index is 0.0651. The maximum absolute atomic E-state index is 12.5. The molecule has 1 aromatic carbocycles. The summed E-state index contributed by atoms with van der Waals surface area (Å²) in [4.78, 5) is 21.8. The molecule has 1 N–H and O–H groups in total. The van der Waals surface area contributed by atoms with Crippen molar-refractivity contribution in [1.82, 2.24) is 9.88 Å². The Labute approximate surface area is 206 Å². The lowest BCUT2D eigenvalue weighted by Gasteiger charge is -2.38. The summed E-state index contributed by atoms with van der Waals surface area (Å²) in [6.07, 6.45) is 0.699. The van der Waals surface area contributed by atoms with Gasteiger partial charge in [0, 0.05) is 48.9 Å². The fourth-order valence-electron chi connectivity index (χ4n) is 4.69. The highest BCUT2D eigenvalue weighted by Gasteiger charge is 2.34. The van der Waals surface area contributed by atoms with Gasteiger partial charge in [-0.05, 0) is 43.5 Å².